The molecular weight excluding hydrogens is 230 g/mol. The number of rotatable bonds is 0. The number of carbonyl (C=O) groups excluding carboxylic acids is 2. The predicted molar refractivity (Wildman–Crippen MR) is 66.0 cm³/mol. The maximum Gasteiger partial charge on any atom is 0.410 e. The molecule has 3 rings (SSSR count). The molecule has 3 fully saturated rings. The number of carbonyl (C=O) groups is 2. The summed E-state index contributed by atoms with van der Waals surface area (Å²) in [7, 11) is 0. The van der Waals surface area contributed by atoms with Gasteiger partial charge in [0.05, 0.1) is 0 Å². The number of hydrogen-bond donors (Lipinski definition) is 0. The van der Waals surface area contributed by atoms with Gasteiger partial charge in [0.2, 0.25) is 0 Å². The van der Waals surface area contributed by atoms with Gasteiger partial charge < -0.3 is 9.64 Å². The zero-order valence-electron chi connectivity index (χ0n) is 11.3. The molecule has 2 saturated carbocycles. The van der Waals surface area contributed by atoms with Crippen molar-refractivity contribution in [3.05, 3.63) is 0 Å². The Morgan fingerprint density at radius 1 is 1.28 bits per heavy atom. The third-order valence-electron chi connectivity index (χ3n) is 4.62. The summed E-state index contributed by atoms with van der Waals surface area (Å²) in [6.45, 7) is 7.15. The second-order valence-electron chi connectivity index (χ2n) is 6.99. The number of amides is 1. The average molecular weight is 251 g/mol. The molecule has 0 aromatic rings. The van der Waals surface area contributed by atoms with E-state index in [2.05, 4.69) is 0 Å². The fourth-order valence-electron chi connectivity index (χ4n) is 3.94. The smallest absolute Gasteiger partial charge is 0.410 e. The van der Waals surface area contributed by atoms with Gasteiger partial charge >= 0.3 is 6.09 Å². The van der Waals surface area contributed by atoms with Crippen LogP contribution in [0.2, 0.25) is 0 Å². The molecule has 0 aromatic carbocycles. The first kappa shape index (κ1) is 12.0. The topological polar surface area (TPSA) is 46.6 Å². The van der Waals surface area contributed by atoms with Crippen LogP contribution in [-0.4, -0.2) is 35.5 Å². The summed E-state index contributed by atoms with van der Waals surface area (Å²) in [6.07, 6.45) is 1.59. The molecule has 3 aliphatic rings. The Kier molecular flexibility index (Phi) is 2.48. The molecule has 4 nitrogen and oxygen atoms in total. The van der Waals surface area contributed by atoms with E-state index in [0.29, 0.717) is 30.1 Å². The van der Waals surface area contributed by atoms with Crippen LogP contribution in [0.3, 0.4) is 0 Å². The van der Waals surface area contributed by atoms with Crippen molar-refractivity contribution < 1.29 is 14.3 Å². The highest BCUT2D eigenvalue weighted by atomic mass is 16.6. The monoisotopic (exact) mass is 251 g/mol. The maximum atomic E-state index is 12.0. The van der Waals surface area contributed by atoms with Gasteiger partial charge in [-0.1, -0.05) is 0 Å². The molecule has 0 N–H and O–H groups in total. The van der Waals surface area contributed by atoms with Gasteiger partial charge in [-0.2, -0.15) is 0 Å². The lowest BCUT2D eigenvalue weighted by molar-refractivity contribution is -0.123. The van der Waals surface area contributed by atoms with E-state index in [1.165, 1.54) is 0 Å². The first-order valence-electron chi connectivity index (χ1n) is 6.86. The molecule has 1 amide bonds. The fraction of sp³-hybridized carbons (Fsp3) is 0.857. The van der Waals surface area contributed by atoms with E-state index in [1.54, 1.807) is 4.90 Å². The van der Waals surface area contributed by atoms with E-state index in [-0.39, 0.29) is 12.0 Å². The van der Waals surface area contributed by atoms with Gasteiger partial charge in [-0.05, 0) is 44.9 Å². The Morgan fingerprint density at radius 3 is 2.61 bits per heavy atom. The highest BCUT2D eigenvalue weighted by Crippen LogP contribution is 2.53. The molecule has 0 aromatic heterocycles. The van der Waals surface area contributed by atoms with Crippen molar-refractivity contribution in [3.8, 4) is 0 Å². The minimum absolute atomic E-state index is 0.219. The maximum absolute atomic E-state index is 12.0. The van der Waals surface area contributed by atoms with E-state index >= 15 is 0 Å². The van der Waals surface area contributed by atoms with E-state index in [0.717, 1.165) is 19.4 Å². The van der Waals surface area contributed by atoms with E-state index in [4.69, 9.17) is 4.74 Å². The third kappa shape index (κ3) is 1.82. The zero-order valence-corrected chi connectivity index (χ0v) is 11.3. The highest BCUT2D eigenvalue weighted by molar-refractivity contribution is 5.85. The third-order valence-corrected chi connectivity index (χ3v) is 4.62. The van der Waals surface area contributed by atoms with Crippen molar-refractivity contribution in [2.24, 2.45) is 23.7 Å². The average Bonchev–Trinajstić information content (AvgIpc) is 2.82. The van der Waals surface area contributed by atoms with Crippen molar-refractivity contribution in [1.29, 1.82) is 0 Å². The van der Waals surface area contributed by atoms with Gasteiger partial charge in [0, 0.05) is 25.4 Å². The number of Topliss-reactive ketones (excluding diaryl/α,β-unsaturated/α-hetero) is 1. The van der Waals surface area contributed by atoms with Gasteiger partial charge in [0.15, 0.2) is 0 Å². The molecule has 2 bridgehead atoms. The van der Waals surface area contributed by atoms with Crippen molar-refractivity contribution >= 4 is 11.9 Å². The second-order valence-corrected chi connectivity index (χ2v) is 6.99. The Hall–Kier alpha value is -1.06. The number of nitrogens with zero attached hydrogens (tertiary/aromatic N) is 1. The lowest BCUT2D eigenvalue weighted by Gasteiger charge is -2.25. The molecule has 0 unspecified atom stereocenters. The summed E-state index contributed by atoms with van der Waals surface area (Å²) in [5, 5.41) is 0. The summed E-state index contributed by atoms with van der Waals surface area (Å²) >= 11 is 0. The van der Waals surface area contributed by atoms with Crippen LogP contribution in [0.4, 0.5) is 4.79 Å². The Labute approximate surface area is 108 Å². The van der Waals surface area contributed by atoms with Crippen LogP contribution in [0, 0.1) is 23.7 Å². The second kappa shape index (κ2) is 3.72. The van der Waals surface area contributed by atoms with Crippen LogP contribution in [0.1, 0.15) is 33.6 Å². The van der Waals surface area contributed by atoms with Crippen LogP contribution >= 0.6 is 0 Å². The van der Waals surface area contributed by atoms with Crippen molar-refractivity contribution in [2.75, 3.05) is 13.1 Å². The first-order chi connectivity index (χ1) is 8.35. The van der Waals surface area contributed by atoms with Crippen LogP contribution in [0.25, 0.3) is 0 Å². The molecule has 4 heteroatoms. The van der Waals surface area contributed by atoms with Crippen molar-refractivity contribution in [1.82, 2.24) is 4.90 Å². The molecule has 1 heterocycles. The van der Waals surface area contributed by atoms with Crippen molar-refractivity contribution in [3.63, 3.8) is 0 Å². The van der Waals surface area contributed by atoms with Gasteiger partial charge in [0.1, 0.15) is 11.4 Å². The zero-order chi connectivity index (χ0) is 13.1. The van der Waals surface area contributed by atoms with Gasteiger partial charge in [-0.3, -0.25) is 4.79 Å². The molecule has 0 spiro atoms. The Morgan fingerprint density at radius 2 is 1.94 bits per heavy atom. The molecule has 0 radical (unpaired) electrons. The number of fused-ring (bicyclic) bond motifs is 5. The van der Waals surface area contributed by atoms with Crippen LogP contribution in [0.15, 0.2) is 0 Å². The van der Waals surface area contributed by atoms with E-state index < -0.39 is 5.60 Å². The Bertz CT molecular complexity index is 398. The SMILES string of the molecule is CC(C)(C)OC(=O)N1C[C@H]2[C@H]3CC(=O)[C@@H](C3)[C@H]2C1. The van der Waals surface area contributed by atoms with E-state index in [9.17, 15) is 9.59 Å². The minimum Gasteiger partial charge on any atom is -0.444 e. The molecule has 18 heavy (non-hydrogen) atoms. The molecule has 100 valence electrons. The van der Waals surface area contributed by atoms with Crippen LogP contribution < -0.4 is 0 Å². The summed E-state index contributed by atoms with van der Waals surface area (Å²) < 4.78 is 5.41. The molecule has 4 atom stereocenters. The largest absolute Gasteiger partial charge is 0.444 e. The molecule has 1 saturated heterocycles. The quantitative estimate of drug-likeness (QED) is 0.662. The molecule has 1 aliphatic heterocycles. The fourth-order valence-corrected chi connectivity index (χ4v) is 3.94. The highest BCUT2D eigenvalue weighted by Gasteiger charge is 2.56. The van der Waals surface area contributed by atoms with Gasteiger partial charge in [-0.25, -0.2) is 4.79 Å². The first-order valence-corrected chi connectivity index (χ1v) is 6.86. The summed E-state index contributed by atoms with van der Waals surface area (Å²) in [4.78, 5) is 25.6. The summed E-state index contributed by atoms with van der Waals surface area (Å²) in [6, 6.07) is 0. The Balaban J connectivity index is 1.67. The normalized spacial score (nSPS) is 38.2. The number of ether oxygens (including phenoxy) is 1. The van der Waals surface area contributed by atoms with E-state index in [1.807, 2.05) is 20.8 Å². The minimum atomic E-state index is -0.441. The molecular formula is C14H21NO3. The lowest BCUT2D eigenvalue weighted by atomic mass is 9.81. The summed E-state index contributed by atoms with van der Waals surface area (Å²) in [5.74, 6) is 2.13. The van der Waals surface area contributed by atoms with Gasteiger partial charge in [-0.15, -0.1) is 0 Å². The van der Waals surface area contributed by atoms with Gasteiger partial charge in [0.25, 0.3) is 0 Å². The summed E-state index contributed by atoms with van der Waals surface area (Å²) in [5.41, 5.74) is -0.441. The number of hydrogen-bond acceptors (Lipinski definition) is 3. The van der Waals surface area contributed by atoms with Crippen molar-refractivity contribution in [2.45, 2.75) is 39.2 Å². The van der Waals surface area contributed by atoms with Crippen LogP contribution in [0.5, 0.6) is 0 Å². The lowest BCUT2D eigenvalue weighted by Crippen LogP contribution is -2.36. The predicted octanol–water partition coefficient (Wildman–Crippen LogP) is 2.08. The van der Waals surface area contributed by atoms with Crippen LogP contribution in [-0.2, 0) is 9.53 Å². The molecule has 2 aliphatic carbocycles. The standard InChI is InChI=1S/C14H21NO3/c1-14(2,3)18-13(17)15-6-10-8-4-9(11(10)7-15)12(16)5-8/h8-11H,4-7H2,1-3H3/t8-,9+,10+,11-/m1/s1. The number of likely N-dealkylation sites (tertiary alicyclic amines) is 1. The number of ketones is 1.